The van der Waals surface area contributed by atoms with E-state index >= 15 is 0 Å². The van der Waals surface area contributed by atoms with Crippen molar-refractivity contribution in [2.45, 2.75) is 39.0 Å². The van der Waals surface area contributed by atoms with Crippen LogP contribution in [0.25, 0.3) is 0 Å². The molecule has 0 radical (unpaired) electrons. The molecule has 2 atom stereocenters. The zero-order valence-corrected chi connectivity index (χ0v) is 9.65. The molecule has 3 heteroatoms. The van der Waals surface area contributed by atoms with Gasteiger partial charge in [-0.05, 0) is 18.3 Å². The molecule has 0 aliphatic heterocycles. The van der Waals surface area contributed by atoms with Crippen LogP contribution < -0.4 is 5.32 Å². The molecule has 1 amide bonds. The van der Waals surface area contributed by atoms with Gasteiger partial charge in [-0.1, -0.05) is 26.2 Å². The van der Waals surface area contributed by atoms with Crippen molar-refractivity contribution in [1.29, 1.82) is 0 Å². The molecule has 1 fully saturated rings. The number of nitrogens with one attached hydrogen (secondary N) is 1. The smallest absolute Gasteiger partial charge is 0.221 e. The number of amides is 1. The minimum atomic E-state index is 0.0952. The van der Waals surface area contributed by atoms with Crippen LogP contribution in [0.2, 0.25) is 0 Å². The van der Waals surface area contributed by atoms with E-state index in [1.807, 2.05) is 0 Å². The maximum atomic E-state index is 11.2. The summed E-state index contributed by atoms with van der Waals surface area (Å²) in [5, 5.41) is 2.96. The van der Waals surface area contributed by atoms with E-state index in [-0.39, 0.29) is 5.91 Å². The first kappa shape index (κ1) is 11.8. The van der Waals surface area contributed by atoms with Gasteiger partial charge in [0.1, 0.15) is 0 Å². The fourth-order valence-corrected chi connectivity index (χ4v) is 2.29. The topological polar surface area (TPSA) is 29.1 Å². The summed E-state index contributed by atoms with van der Waals surface area (Å²) < 4.78 is 0. The lowest BCUT2D eigenvalue weighted by atomic mass is 9.80. The summed E-state index contributed by atoms with van der Waals surface area (Å²) in [6.45, 7) is 3.13. The third kappa shape index (κ3) is 3.87. The van der Waals surface area contributed by atoms with Gasteiger partial charge in [0.25, 0.3) is 0 Å². The summed E-state index contributed by atoms with van der Waals surface area (Å²) in [7, 11) is 0. The van der Waals surface area contributed by atoms with Crippen LogP contribution in [0.3, 0.4) is 0 Å². The number of carbonyl (C=O) groups is 1. The van der Waals surface area contributed by atoms with Crippen LogP contribution in [-0.2, 0) is 4.79 Å². The fourth-order valence-electron chi connectivity index (χ4n) is 2.12. The van der Waals surface area contributed by atoms with Gasteiger partial charge < -0.3 is 5.32 Å². The van der Waals surface area contributed by atoms with Crippen LogP contribution >= 0.6 is 11.6 Å². The molecule has 1 aliphatic rings. The van der Waals surface area contributed by atoms with Crippen LogP contribution in [0.15, 0.2) is 0 Å². The molecule has 1 saturated carbocycles. The molecule has 82 valence electrons. The molecule has 14 heavy (non-hydrogen) atoms. The minimum Gasteiger partial charge on any atom is -0.356 e. The summed E-state index contributed by atoms with van der Waals surface area (Å²) in [6, 6.07) is 0. The van der Waals surface area contributed by atoms with Gasteiger partial charge in [0.2, 0.25) is 5.91 Å². The second-order valence-corrected chi connectivity index (χ2v) is 4.64. The highest BCUT2D eigenvalue weighted by Gasteiger charge is 2.21. The highest BCUT2D eigenvalue weighted by Crippen LogP contribution is 2.28. The Labute approximate surface area is 91.4 Å². The second-order valence-electron chi connectivity index (χ2n) is 4.26. The van der Waals surface area contributed by atoms with Crippen LogP contribution in [0, 0.1) is 11.8 Å². The lowest BCUT2D eigenvalue weighted by Gasteiger charge is -2.28. The summed E-state index contributed by atoms with van der Waals surface area (Å²) >= 11 is 5.49. The summed E-state index contributed by atoms with van der Waals surface area (Å²) in [4.78, 5) is 11.2. The summed E-state index contributed by atoms with van der Waals surface area (Å²) in [6.07, 6.45) is 5.70. The van der Waals surface area contributed by atoms with Crippen LogP contribution in [0.4, 0.5) is 0 Å². The van der Waals surface area contributed by atoms with Crippen molar-refractivity contribution in [2.24, 2.45) is 11.8 Å². The number of rotatable bonds is 4. The number of halogens is 1. The van der Waals surface area contributed by atoms with E-state index in [9.17, 15) is 4.79 Å². The number of alkyl halides is 1. The van der Waals surface area contributed by atoms with Crippen molar-refractivity contribution < 1.29 is 4.79 Å². The van der Waals surface area contributed by atoms with E-state index in [0.29, 0.717) is 18.2 Å². The highest BCUT2D eigenvalue weighted by atomic mass is 35.5. The summed E-state index contributed by atoms with van der Waals surface area (Å²) in [5.74, 6) is 1.97. The lowest BCUT2D eigenvalue weighted by Crippen LogP contribution is -2.33. The van der Waals surface area contributed by atoms with Crippen LogP contribution in [-0.4, -0.2) is 18.3 Å². The molecule has 0 saturated heterocycles. The van der Waals surface area contributed by atoms with E-state index in [0.717, 1.165) is 12.5 Å². The first-order valence-corrected chi connectivity index (χ1v) is 6.10. The molecule has 0 aromatic heterocycles. The van der Waals surface area contributed by atoms with Gasteiger partial charge in [-0.2, -0.15) is 0 Å². The maximum Gasteiger partial charge on any atom is 0.221 e. The molecule has 0 bridgehead atoms. The summed E-state index contributed by atoms with van der Waals surface area (Å²) in [5.41, 5.74) is 0. The van der Waals surface area contributed by atoms with Crippen LogP contribution in [0.5, 0.6) is 0 Å². The number of hydrogen-bond donors (Lipinski definition) is 1. The van der Waals surface area contributed by atoms with Crippen molar-refractivity contribution in [3.63, 3.8) is 0 Å². The minimum absolute atomic E-state index is 0.0952. The molecule has 0 aromatic rings. The van der Waals surface area contributed by atoms with Gasteiger partial charge in [0.05, 0.1) is 0 Å². The Morgan fingerprint density at radius 3 is 2.79 bits per heavy atom. The predicted molar refractivity (Wildman–Crippen MR) is 59.5 cm³/mol. The van der Waals surface area contributed by atoms with E-state index in [1.54, 1.807) is 0 Å². The zero-order chi connectivity index (χ0) is 10.4. The average molecular weight is 218 g/mol. The van der Waals surface area contributed by atoms with Gasteiger partial charge in [0, 0.05) is 18.8 Å². The van der Waals surface area contributed by atoms with Crippen molar-refractivity contribution >= 4 is 17.5 Å². The Morgan fingerprint density at radius 2 is 2.14 bits per heavy atom. The quantitative estimate of drug-likeness (QED) is 0.721. The highest BCUT2D eigenvalue weighted by molar-refractivity contribution is 6.18. The van der Waals surface area contributed by atoms with E-state index in [1.165, 1.54) is 25.7 Å². The molecule has 0 heterocycles. The normalized spacial score (nSPS) is 27.3. The molecule has 0 aromatic carbocycles. The van der Waals surface area contributed by atoms with Crippen molar-refractivity contribution in [2.75, 3.05) is 12.4 Å². The predicted octanol–water partition coefficient (Wildman–Crippen LogP) is 2.56. The Morgan fingerprint density at radius 1 is 1.43 bits per heavy atom. The molecular weight excluding hydrogens is 198 g/mol. The Hall–Kier alpha value is -0.240. The molecule has 1 N–H and O–H groups in total. The van der Waals surface area contributed by atoms with E-state index < -0.39 is 0 Å². The zero-order valence-electron chi connectivity index (χ0n) is 8.89. The number of hydrogen-bond acceptors (Lipinski definition) is 1. The van der Waals surface area contributed by atoms with Crippen molar-refractivity contribution in [3.05, 3.63) is 0 Å². The largest absolute Gasteiger partial charge is 0.356 e. The SMILES string of the molecule is CC1CCCCC1CNC(=O)CCCl. The Bertz CT molecular complexity index is 184. The fraction of sp³-hybridized carbons (Fsp3) is 0.909. The molecule has 2 nitrogen and oxygen atoms in total. The van der Waals surface area contributed by atoms with Crippen molar-refractivity contribution in [3.8, 4) is 0 Å². The standard InChI is InChI=1S/C11H20ClNO/c1-9-4-2-3-5-10(9)8-13-11(14)6-7-12/h9-10H,2-8H2,1H3,(H,13,14). The van der Waals surface area contributed by atoms with E-state index in [4.69, 9.17) is 11.6 Å². The molecule has 2 unspecified atom stereocenters. The molecule has 0 spiro atoms. The number of carbonyl (C=O) groups excluding carboxylic acids is 1. The molecular formula is C11H20ClNO. The monoisotopic (exact) mass is 217 g/mol. The van der Waals surface area contributed by atoms with Gasteiger partial charge in [-0.3, -0.25) is 4.79 Å². The lowest BCUT2D eigenvalue weighted by molar-refractivity contribution is -0.121. The van der Waals surface area contributed by atoms with Crippen LogP contribution in [0.1, 0.15) is 39.0 Å². The van der Waals surface area contributed by atoms with Gasteiger partial charge >= 0.3 is 0 Å². The third-order valence-electron chi connectivity index (χ3n) is 3.17. The third-order valence-corrected chi connectivity index (χ3v) is 3.36. The first-order valence-electron chi connectivity index (χ1n) is 5.56. The van der Waals surface area contributed by atoms with Gasteiger partial charge in [0.15, 0.2) is 0 Å². The first-order chi connectivity index (χ1) is 6.74. The maximum absolute atomic E-state index is 11.2. The Balaban J connectivity index is 2.19. The van der Waals surface area contributed by atoms with E-state index in [2.05, 4.69) is 12.2 Å². The molecule has 1 rings (SSSR count). The van der Waals surface area contributed by atoms with Gasteiger partial charge in [-0.15, -0.1) is 11.6 Å². The Kier molecular flexibility index (Phi) is 5.31. The molecule has 1 aliphatic carbocycles. The van der Waals surface area contributed by atoms with Crippen molar-refractivity contribution in [1.82, 2.24) is 5.32 Å². The average Bonchev–Trinajstić information content (AvgIpc) is 2.17. The second kappa shape index (κ2) is 6.28. The van der Waals surface area contributed by atoms with Gasteiger partial charge in [-0.25, -0.2) is 0 Å².